The van der Waals surface area contributed by atoms with Crippen molar-refractivity contribution in [3.05, 3.63) is 84.6 Å². The summed E-state index contributed by atoms with van der Waals surface area (Å²) in [7, 11) is 0. The van der Waals surface area contributed by atoms with Gasteiger partial charge in [-0.1, -0.05) is 36.4 Å². The van der Waals surface area contributed by atoms with Gasteiger partial charge in [-0.15, -0.1) is 48.2 Å². The third-order valence-corrected chi connectivity index (χ3v) is 2.79. The molecule has 0 aliphatic heterocycles. The summed E-state index contributed by atoms with van der Waals surface area (Å²) in [4.78, 5) is 43.5. The fourth-order valence-corrected chi connectivity index (χ4v) is 1.74. The van der Waals surface area contributed by atoms with Crippen LogP contribution < -0.4 is 0 Å². The Morgan fingerprint density at radius 1 is 0.630 bits per heavy atom. The molecule has 0 radical (unpaired) electrons. The molecule has 2 aromatic carbocycles. The van der Waals surface area contributed by atoms with Crippen LogP contribution in [0.4, 0.5) is 0 Å². The molecule has 0 bridgehead atoms. The van der Waals surface area contributed by atoms with Crippen molar-refractivity contribution in [2.24, 2.45) is 0 Å². The number of carbonyl (C=O) groups is 4. The average molecular weight is 510 g/mol. The molecule has 0 saturated carbocycles. The van der Waals surface area contributed by atoms with Gasteiger partial charge in [-0.2, -0.15) is 0 Å². The summed E-state index contributed by atoms with van der Waals surface area (Å²) in [5.41, 5.74) is 1.10. The van der Waals surface area contributed by atoms with Gasteiger partial charge in [-0.3, -0.25) is 0 Å². The molecule has 7 heteroatoms. The molecule has 2 rings (SSSR count). The Hall–Kier alpha value is -1.64. The summed E-state index contributed by atoms with van der Waals surface area (Å²) in [6.45, 7) is 2.72. The quantitative estimate of drug-likeness (QED) is 0.255. The summed E-state index contributed by atoms with van der Waals surface area (Å²) in [5, 5.41) is 0. The van der Waals surface area contributed by atoms with E-state index >= 15 is 0 Å². The fourth-order valence-electron chi connectivity index (χ4n) is 1.74. The predicted molar refractivity (Wildman–Crippen MR) is 98.3 cm³/mol. The van der Waals surface area contributed by atoms with Gasteiger partial charge in [-0.05, 0) is 13.8 Å². The molecule has 27 heavy (non-hydrogen) atoms. The van der Waals surface area contributed by atoms with E-state index in [4.69, 9.17) is 0 Å². The van der Waals surface area contributed by atoms with Crippen LogP contribution >= 0.6 is 0 Å². The SMILES string of the molecule is CC(=O)[CH-]C(=O)c1ccccc1.CC(=O)[CH-]C(=O)c1ccccc1.[Eu+3].[OH-].[OH3+]. The maximum Gasteiger partial charge on any atom is 3.00 e. The molecule has 144 valence electrons. The van der Waals surface area contributed by atoms with Crippen molar-refractivity contribution in [1.29, 1.82) is 0 Å². The fraction of sp³-hybridized carbons (Fsp3) is 0.100. The summed E-state index contributed by atoms with van der Waals surface area (Å²) in [6, 6.07) is 17.4. The van der Waals surface area contributed by atoms with Crippen LogP contribution in [0.2, 0.25) is 0 Å². The molecule has 0 saturated heterocycles. The van der Waals surface area contributed by atoms with Crippen LogP contribution in [0.15, 0.2) is 60.7 Å². The molecule has 0 heterocycles. The van der Waals surface area contributed by atoms with Gasteiger partial charge in [-0.25, -0.2) is 0 Å². The van der Waals surface area contributed by atoms with Crippen LogP contribution in [0, 0.1) is 62.2 Å². The van der Waals surface area contributed by atoms with Gasteiger partial charge in [0.1, 0.15) is 0 Å². The van der Waals surface area contributed by atoms with Crippen molar-refractivity contribution in [1.82, 2.24) is 0 Å². The van der Waals surface area contributed by atoms with Gasteiger partial charge in [0.2, 0.25) is 0 Å². The minimum atomic E-state index is -0.233. The molecule has 0 aliphatic carbocycles. The van der Waals surface area contributed by atoms with Crippen molar-refractivity contribution in [3.8, 4) is 0 Å². The number of rotatable bonds is 6. The van der Waals surface area contributed by atoms with Crippen molar-refractivity contribution in [2.75, 3.05) is 0 Å². The first-order chi connectivity index (χ1) is 11.4. The van der Waals surface area contributed by atoms with E-state index in [1.54, 1.807) is 48.5 Å². The standard InChI is InChI=1S/2C10H9O2.Eu.2H2O/c2*1-8(11)7-10(12)9-5-3-2-4-6-9;;;/h2*2-7H,1H3;;2*1H2/q2*-1;+3;;. The summed E-state index contributed by atoms with van der Waals surface area (Å²) >= 11 is 0. The number of carbonyl (C=O) groups excluding carboxylic acids is 4. The van der Waals surface area contributed by atoms with Crippen molar-refractivity contribution >= 4 is 23.1 Å². The first kappa shape index (κ1) is 30.1. The summed E-state index contributed by atoms with van der Waals surface area (Å²) in [5.74, 6) is -0.904. The van der Waals surface area contributed by atoms with Crippen LogP contribution in [0.5, 0.6) is 0 Å². The third kappa shape index (κ3) is 13.2. The van der Waals surface area contributed by atoms with Crippen LogP contribution in [0.3, 0.4) is 0 Å². The van der Waals surface area contributed by atoms with E-state index in [0.717, 1.165) is 12.8 Å². The second-order valence-electron chi connectivity index (χ2n) is 4.97. The zero-order valence-electron chi connectivity index (χ0n) is 15.0. The first-order valence-corrected chi connectivity index (χ1v) is 7.29. The molecule has 0 unspecified atom stereocenters. The zero-order valence-corrected chi connectivity index (χ0v) is 17.4. The second-order valence-corrected chi connectivity index (χ2v) is 4.97. The van der Waals surface area contributed by atoms with E-state index in [-0.39, 0.29) is 83.5 Å². The van der Waals surface area contributed by atoms with E-state index in [1.165, 1.54) is 13.8 Å². The Balaban J connectivity index is -0.000000384. The number of benzene rings is 2. The normalized spacial score (nSPS) is 8.07. The van der Waals surface area contributed by atoms with Crippen LogP contribution in [0.1, 0.15) is 34.6 Å². The Morgan fingerprint density at radius 3 is 1.11 bits per heavy atom. The maximum absolute atomic E-state index is 11.2. The minimum Gasteiger partial charge on any atom is -0.870 e. The molecular formula is C20H22EuO6+. The molecule has 2 aromatic rings. The number of Topliss-reactive ketones (excluding diaryl/α,β-unsaturated/α-hetero) is 4. The number of ketones is 4. The zero-order chi connectivity index (χ0) is 17.9. The molecule has 4 N–H and O–H groups in total. The number of hydrogen-bond acceptors (Lipinski definition) is 5. The smallest absolute Gasteiger partial charge is 0.870 e. The van der Waals surface area contributed by atoms with Gasteiger partial charge in [0, 0.05) is 11.6 Å². The van der Waals surface area contributed by atoms with Gasteiger partial charge < -0.3 is 30.1 Å². The molecule has 0 atom stereocenters. The van der Waals surface area contributed by atoms with E-state index in [0.29, 0.717) is 11.1 Å². The molecular weight excluding hydrogens is 488 g/mol. The monoisotopic (exact) mass is 511 g/mol. The largest absolute Gasteiger partial charge is 3.00 e. The predicted octanol–water partition coefficient (Wildman–Crippen LogP) is 2.23. The Kier molecular flexibility index (Phi) is 18.4. The molecule has 0 fully saturated rings. The van der Waals surface area contributed by atoms with Gasteiger partial charge in [0.25, 0.3) is 0 Å². The van der Waals surface area contributed by atoms with Gasteiger partial charge in [0.15, 0.2) is 0 Å². The molecule has 0 aliphatic rings. The molecule has 0 spiro atoms. The Labute approximate surface area is 199 Å². The Bertz CT molecular complexity index is 650. The summed E-state index contributed by atoms with van der Waals surface area (Å²) < 4.78 is 0. The van der Waals surface area contributed by atoms with E-state index in [9.17, 15) is 19.2 Å². The van der Waals surface area contributed by atoms with Gasteiger partial charge in [0.05, 0.1) is 11.6 Å². The third-order valence-electron chi connectivity index (χ3n) is 2.79. The van der Waals surface area contributed by atoms with E-state index < -0.39 is 0 Å². The van der Waals surface area contributed by atoms with Crippen LogP contribution in [0.25, 0.3) is 0 Å². The first-order valence-electron chi connectivity index (χ1n) is 7.29. The maximum atomic E-state index is 11.2. The minimum absolute atomic E-state index is 0. The van der Waals surface area contributed by atoms with Gasteiger partial charge >= 0.3 is 49.4 Å². The Morgan fingerprint density at radius 2 is 0.889 bits per heavy atom. The second kappa shape index (κ2) is 16.5. The van der Waals surface area contributed by atoms with E-state index in [1.807, 2.05) is 12.1 Å². The molecule has 0 aromatic heterocycles. The van der Waals surface area contributed by atoms with E-state index in [2.05, 4.69) is 0 Å². The van der Waals surface area contributed by atoms with Crippen LogP contribution in [-0.4, -0.2) is 28.6 Å². The van der Waals surface area contributed by atoms with Crippen LogP contribution in [-0.2, 0) is 15.1 Å². The molecule has 0 amide bonds. The van der Waals surface area contributed by atoms with Crippen molar-refractivity contribution in [3.63, 3.8) is 0 Å². The summed E-state index contributed by atoms with van der Waals surface area (Å²) in [6.07, 6.45) is 2.19. The topological polar surface area (TPSA) is 131 Å². The van der Waals surface area contributed by atoms with Crippen molar-refractivity contribution in [2.45, 2.75) is 13.8 Å². The number of hydrogen-bond donors (Lipinski definition) is 0. The molecule has 6 nitrogen and oxygen atoms in total. The van der Waals surface area contributed by atoms with Crippen molar-refractivity contribution < 1.29 is 79.5 Å². The average Bonchev–Trinajstić information content (AvgIpc) is 2.56.